The molecule has 0 aliphatic rings. The van der Waals surface area contributed by atoms with Gasteiger partial charge in [-0.05, 0) is 0 Å². The number of nitrogens with zero attached hydrogens (tertiary/aromatic N) is 1. The van der Waals surface area contributed by atoms with Crippen LogP contribution in [0.3, 0.4) is 0 Å². The second-order valence-corrected chi connectivity index (χ2v) is 10.3. The first-order valence-electron chi connectivity index (χ1n) is 4.57. The molecular formula is C10H20ClNTe. The molecule has 0 aliphatic carbocycles. The number of nitriles is 1. The molecule has 0 heterocycles. The minimum absolute atomic E-state index is 0. The Morgan fingerprint density at radius 3 is 1.69 bits per heavy atom. The Labute approximate surface area is 96.0 Å². The summed E-state index contributed by atoms with van der Waals surface area (Å²) in [6.07, 6.45) is 0. The molecule has 0 aromatic heterocycles. The summed E-state index contributed by atoms with van der Waals surface area (Å²) in [6, 6.07) is 2.35. The van der Waals surface area contributed by atoms with Gasteiger partial charge in [-0.25, -0.2) is 0 Å². The molecule has 0 aromatic rings. The number of hydrogen-bond donors (Lipinski definition) is 0. The van der Waals surface area contributed by atoms with E-state index in [1.807, 2.05) is 0 Å². The molecule has 78 valence electrons. The van der Waals surface area contributed by atoms with E-state index >= 15 is 0 Å². The van der Waals surface area contributed by atoms with Crippen LogP contribution in [0, 0.1) is 23.2 Å². The van der Waals surface area contributed by atoms with E-state index in [-0.39, 0.29) is 12.4 Å². The van der Waals surface area contributed by atoms with E-state index < -0.39 is 19.6 Å². The molecule has 0 saturated heterocycles. The van der Waals surface area contributed by atoms with Crippen LogP contribution in [0.5, 0.6) is 0 Å². The van der Waals surface area contributed by atoms with Gasteiger partial charge in [0.15, 0.2) is 0 Å². The standard InChI is InChI=1S/C10H20NTe.ClH/c1-9(2)7-12(6-5-11)8-10(3)4;/h9-10H,6-8H2,1-4H3;1H/q+1;/p-1. The normalized spacial score (nSPS) is 10.3. The molecule has 0 spiro atoms. The van der Waals surface area contributed by atoms with Gasteiger partial charge in [0.25, 0.3) is 0 Å². The second-order valence-electron chi connectivity index (χ2n) is 4.04. The smallest absolute Gasteiger partial charge is 1.00 e. The quantitative estimate of drug-likeness (QED) is 0.670. The monoisotopic (exact) mass is 319 g/mol. The molecule has 1 nitrogen and oxygen atoms in total. The number of rotatable bonds is 5. The molecule has 0 aromatic carbocycles. The minimum atomic E-state index is -1.01. The average molecular weight is 317 g/mol. The summed E-state index contributed by atoms with van der Waals surface area (Å²) < 4.78 is 3.64. The summed E-state index contributed by atoms with van der Waals surface area (Å²) >= 11 is -1.01. The Hall–Kier alpha value is 0.570. The van der Waals surface area contributed by atoms with Gasteiger partial charge < -0.3 is 12.4 Å². The third-order valence-electron chi connectivity index (χ3n) is 1.41. The van der Waals surface area contributed by atoms with Gasteiger partial charge in [0.1, 0.15) is 0 Å². The van der Waals surface area contributed by atoms with Crippen molar-refractivity contribution < 1.29 is 12.4 Å². The van der Waals surface area contributed by atoms with Gasteiger partial charge in [-0.1, -0.05) is 0 Å². The third-order valence-corrected chi connectivity index (χ3v) is 9.44. The molecule has 0 N–H and O–H groups in total. The van der Waals surface area contributed by atoms with Crippen LogP contribution in [0.4, 0.5) is 0 Å². The van der Waals surface area contributed by atoms with Gasteiger partial charge in [0.05, 0.1) is 0 Å². The summed E-state index contributed by atoms with van der Waals surface area (Å²) in [4.78, 5) is 0. The van der Waals surface area contributed by atoms with Crippen molar-refractivity contribution in [1.29, 1.82) is 5.26 Å². The van der Waals surface area contributed by atoms with E-state index in [1.54, 1.807) is 0 Å². The molecule has 0 aliphatic heterocycles. The van der Waals surface area contributed by atoms with Crippen LogP contribution in [0.1, 0.15) is 27.7 Å². The van der Waals surface area contributed by atoms with Crippen molar-refractivity contribution in [2.24, 2.45) is 11.8 Å². The van der Waals surface area contributed by atoms with Crippen molar-refractivity contribution in [1.82, 2.24) is 0 Å². The van der Waals surface area contributed by atoms with Crippen molar-refractivity contribution in [2.45, 2.75) is 41.1 Å². The van der Waals surface area contributed by atoms with Crippen LogP contribution in [0.25, 0.3) is 0 Å². The largest absolute Gasteiger partial charge is 1.00 e. The van der Waals surface area contributed by atoms with Gasteiger partial charge in [0.2, 0.25) is 0 Å². The third kappa shape index (κ3) is 10.5. The SMILES string of the molecule is CC(C)C[Te+](CC#N)CC(C)C.[Cl-]. The zero-order valence-electron chi connectivity index (χ0n) is 9.01. The summed E-state index contributed by atoms with van der Waals surface area (Å²) in [7, 11) is 0. The van der Waals surface area contributed by atoms with Crippen molar-refractivity contribution in [3.8, 4) is 6.07 Å². The Morgan fingerprint density at radius 2 is 1.46 bits per heavy atom. The molecular weight excluding hydrogens is 297 g/mol. The molecule has 0 amide bonds. The van der Waals surface area contributed by atoms with Crippen molar-refractivity contribution in [3.05, 3.63) is 0 Å². The zero-order chi connectivity index (χ0) is 9.56. The van der Waals surface area contributed by atoms with Gasteiger partial charge in [-0.3, -0.25) is 0 Å². The second kappa shape index (κ2) is 9.14. The van der Waals surface area contributed by atoms with Crippen LogP contribution >= 0.6 is 0 Å². The first-order chi connectivity index (χ1) is 5.56. The predicted octanol–water partition coefficient (Wildman–Crippen LogP) is 0.321. The molecule has 0 bridgehead atoms. The average Bonchev–Trinajstić information content (AvgIpc) is 1.84. The fourth-order valence-electron chi connectivity index (χ4n) is 1.22. The maximum absolute atomic E-state index is 8.65. The summed E-state index contributed by atoms with van der Waals surface area (Å²) in [5, 5.41) is 8.65. The van der Waals surface area contributed by atoms with Gasteiger partial charge >= 0.3 is 83.8 Å². The van der Waals surface area contributed by atoms with Crippen molar-refractivity contribution in [3.63, 3.8) is 0 Å². The molecule has 0 saturated carbocycles. The van der Waals surface area contributed by atoms with Crippen LogP contribution < -0.4 is 12.4 Å². The van der Waals surface area contributed by atoms with E-state index in [0.29, 0.717) is 0 Å². The Balaban J connectivity index is 0. The molecule has 3 heteroatoms. The van der Waals surface area contributed by atoms with E-state index in [0.717, 1.165) is 16.3 Å². The first-order valence-corrected chi connectivity index (χ1v) is 9.51. The van der Waals surface area contributed by atoms with E-state index in [9.17, 15) is 0 Å². The minimum Gasteiger partial charge on any atom is -1.00 e. The molecule has 0 fully saturated rings. The maximum atomic E-state index is 8.65. The Morgan fingerprint density at radius 1 is 1.08 bits per heavy atom. The van der Waals surface area contributed by atoms with E-state index in [2.05, 4.69) is 33.8 Å². The van der Waals surface area contributed by atoms with Crippen LogP contribution in [-0.4, -0.2) is 19.6 Å². The maximum Gasteiger partial charge on any atom is -1.00 e. The van der Waals surface area contributed by atoms with E-state index in [1.165, 1.54) is 8.94 Å². The first kappa shape index (κ1) is 16.0. The van der Waals surface area contributed by atoms with Crippen molar-refractivity contribution >= 4 is 19.6 Å². The van der Waals surface area contributed by atoms with Crippen LogP contribution in [-0.2, 0) is 0 Å². The summed E-state index contributed by atoms with van der Waals surface area (Å²) in [5.41, 5.74) is 0. The molecule has 0 unspecified atom stereocenters. The molecule has 0 radical (unpaired) electrons. The van der Waals surface area contributed by atoms with Crippen molar-refractivity contribution in [2.75, 3.05) is 0 Å². The van der Waals surface area contributed by atoms with Gasteiger partial charge in [-0.2, -0.15) is 0 Å². The Bertz CT molecular complexity index is 141. The molecule has 0 atom stereocenters. The predicted molar refractivity (Wildman–Crippen MR) is 55.5 cm³/mol. The fraction of sp³-hybridized carbons (Fsp3) is 0.900. The molecule has 13 heavy (non-hydrogen) atoms. The van der Waals surface area contributed by atoms with E-state index in [4.69, 9.17) is 5.26 Å². The van der Waals surface area contributed by atoms with Gasteiger partial charge in [0, 0.05) is 0 Å². The number of hydrogen-bond acceptors (Lipinski definition) is 1. The van der Waals surface area contributed by atoms with Crippen LogP contribution in [0.2, 0.25) is 13.4 Å². The van der Waals surface area contributed by atoms with Crippen LogP contribution in [0.15, 0.2) is 0 Å². The van der Waals surface area contributed by atoms with Gasteiger partial charge in [-0.15, -0.1) is 0 Å². The fourth-order valence-corrected chi connectivity index (χ4v) is 8.18. The summed E-state index contributed by atoms with van der Waals surface area (Å²) in [6.45, 7) is 9.08. The zero-order valence-corrected chi connectivity index (χ0v) is 12.1. The topological polar surface area (TPSA) is 23.8 Å². The summed E-state index contributed by atoms with van der Waals surface area (Å²) in [5.74, 6) is 1.60. The number of halogens is 1. The Kier molecular flexibility index (Phi) is 11.3. The molecule has 0 rings (SSSR count).